The summed E-state index contributed by atoms with van der Waals surface area (Å²) in [7, 11) is -3.38. The molecule has 2 aromatic heterocycles. The lowest BCUT2D eigenvalue weighted by Crippen LogP contribution is -2.49. The SMILES string of the molecule is Cc1cnc(NC(=O)c2cccc(C3CN(S(C)(=O)=O)CCN3Cc3ccc(F)cn3)c2)s1. The average molecular weight is 490 g/mol. The number of hydrogen-bond donors (Lipinski definition) is 1. The number of anilines is 1. The molecular weight excluding hydrogens is 465 g/mol. The Bertz CT molecular complexity index is 1250. The first-order valence-corrected chi connectivity index (χ1v) is 13.0. The number of sulfonamides is 1. The van der Waals surface area contributed by atoms with Gasteiger partial charge in [0.25, 0.3) is 5.91 Å². The molecule has 33 heavy (non-hydrogen) atoms. The molecular formula is C22H24FN5O3S2. The predicted molar refractivity (Wildman–Crippen MR) is 125 cm³/mol. The topological polar surface area (TPSA) is 95.5 Å². The molecule has 0 spiro atoms. The molecule has 3 aromatic rings. The number of hydrogen-bond acceptors (Lipinski definition) is 7. The molecule has 1 amide bonds. The minimum atomic E-state index is -3.38. The van der Waals surface area contributed by atoms with Crippen molar-refractivity contribution in [2.75, 3.05) is 31.2 Å². The quantitative estimate of drug-likeness (QED) is 0.572. The molecule has 1 aliphatic heterocycles. The van der Waals surface area contributed by atoms with Gasteiger partial charge in [-0.25, -0.2) is 17.8 Å². The third-order valence-corrected chi connectivity index (χ3v) is 7.55. The lowest BCUT2D eigenvalue weighted by molar-refractivity contribution is 0.102. The molecule has 1 unspecified atom stereocenters. The number of thiazole rings is 1. The van der Waals surface area contributed by atoms with Crippen LogP contribution >= 0.6 is 11.3 Å². The molecule has 174 valence electrons. The van der Waals surface area contributed by atoms with Crippen molar-refractivity contribution in [3.63, 3.8) is 0 Å². The molecule has 8 nitrogen and oxygen atoms in total. The van der Waals surface area contributed by atoms with Gasteiger partial charge in [-0.05, 0) is 36.8 Å². The van der Waals surface area contributed by atoms with Crippen LogP contribution in [0, 0.1) is 12.7 Å². The summed E-state index contributed by atoms with van der Waals surface area (Å²) in [6.07, 6.45) is 4.06. The molecule has 1 N–H and O–H groups in total. The second-order valence-corrected chi connectivity index (χ2v) is 11.1. The van der Waals surface area contributed by atoms with Crippen LogP contribution in [0.5, 0.6) is 0 Å². The first-order valence-electron chi connectivity index (χ1n) is 10.3. The van der Waals surface area contributed by atoms with Crippen molar-refractivity contribution in [1.29, 1.82) is 0 Å². The summed E-state index contributed by atoms with van der Waals surface area (Å²) < 4.78 is 39.2. The van der Waals surface area contributed by atoms with Gasteiger partial charge in [0.2, 0.25) is 10.0 Å². The minimum Gasteiger partial charge on any atom is -0.298 e. The van der Waals surface area contributed by atoms with E-state index in [0.29, 0.717) is 36.0 Å². The Morgan fingerprint density at radius 3 is 2.70 bits per heavy atom. The van der Waals surface area contributed by atoms with Gasteiger partial charge < -0.3 is 0 Å². The van der Waals surface area contributed by atoms with Crippen molar-refractivity contribution in [3.8, 4) is 0 Å². The normalized spacial score (nSPS) is 17.7. The number of nitrogens with zero attached hydrogens (tertiary/aromatic N) is 4. The fraction of sp³-hybridized carbons (Fsp3) is 0.318. The molecule has 1 atom stereocenters. The van der Waals surface area contributed by atoms with Crippen LogP contribution in [0.4, 0.5) is 9.52 Å². The lowest BCUT2D eigenvalue weighted by Gasteiger charge is -2.40. The first-order chi connectivity index (χ1) is 15.7. The third kappa shape index (κ3) is 5.80. The van der Waals surface area contributed by atoms with Gasteiger partial charge >= 0.3 is 0 Å². The van der Waals surface area contributed by atoms with E-state index in [1.165, 1.54) is 34.2 Å². The van der Waals surface area contributed by atoms with Gasteiger partial charge in [-0.1, -0.05) is 12.1 Å². The molecule has 4 rings (SSSR count). The van der Waals surface area contributed by atoms with Crippen molar-refractivity contribution in [3.05, 3.63) is 76.3 Å². The zero-order valence-corrected chi connectivity index (χ0v) is 19.9. The summed E-state index contributed by atoms with van der Waals surface area (Å²) in [5, 5.41) is 3.32. The molecule has 0 saturated carbocycles. The Labute approximate surface area is 196 Å². The van der Waals surface area contributed by atoms with Crippen LogP contribution in [-0.2, 0) is 16.6 Å². The Morgan fingerprint density at radius 1 is 1.21 bits per heavy atom. The molecule has 3 heterocycles. The van der Waals surface area contributed by atoms with Crippen LogP contribution in [0.3, 0.4) is 0 Å². The van der Waals surface area contributed by atoms with E-state index in [4.69, 9.17) is 0 Å². The number of piperazine rings is 1. The van der Waals surface area contributed by atoms with E-state index in [2.05, 4.69) is 20.2 Å². The Kier molecular flexibility index (Phi) is 6.84. The largest absolute Gasteiger partial charge is 0.298 e. The maximum absolute atomic E-state index is 13.3. The van der Waals surface area contributed by atoms with Crippen molar-refractivity contribution in [2.45, 2.75) is 19.5 Å². The maximum Gasteiger partial charge on any atom is 0.257 e. The standard InChI is InChI=1S/C22H24FN5O3S2/c1-15-11-25-22(32-15)26-21(29)17-5-3-4-16(10-17)20-14-28(33(2,30)31)9-8-27(20)13-19-7-6-18(23)12-24-19/h3-7,10-12,20H,8-9,13-14H2,1-2H3,(H,25,26,29). The zero-order valence-electron chi connectivity index (χ0n) is 18.2. The second-order valence-electron chi connectivity index (χ2n) is 7.93. The highest BCUT2D eigenvalue weighted by molar-refractivity contribution is 7.88. The summed E-state index contributed by atoms with van der Waals surface area (Å²) in [6, 6.07) is 9.83. The molecule has 0 aliphatic carbocycles. The third-order valence-electron chi connectivity index (χ3n) is 5.45. The van der Waals surface area contributed by atoms with E-state index >= 15 is 0 Å². The van der Waals surface area contributed by atoms with Gasteiger partial charge in [0.05, 0.1) is 18.1 Å². The molecule has 11 heteroatoms. The average Bonchev–Trinajstić information content (AvgIpc) is 3.19. The summed E-state index contributed by atoms with van der Waals surface area (Å²) in [4.78, 5) is 24.2. The smallest absolute Gasteiger partial charge is 0.257 e. The lowest BCUT2D eigenvalue weighted by atomic mass is 10.00. The van der Waals surface area contributed by atoms with Gasteiger partial charge in [-0.2, -0.15) is 4.31 Å². The van der Waals surface area contributed by atoms with E-state index in [1.54, 1.807) is 30.5 Å². The van der Waals surface area contributed by atoms with Gasteiger partial charge in [0.1, 0.15) is 5.82 Å². The van der Waals surface area contributed by atoms with Crippen LogP contribution in [0.1, 0.15) is 32.5 Å². The number of carbonyl (C=O) groups excluding carboxylic acids is 1. The minimum absolute atomic E-state index is 0.247. The van der Waals surface area contributed by atoms with Gasteiger partial charge in [0.15, 0.2) is 5.13 Å². The fourth-order valence-corrected chi connectivity index (χ4v) is 5.26. The summed E-state index contributed by atoms with van der Waals surface area (Å²) in [6.45, 7) is 3.41. The Balaban J connectivity index is 1.60. The van der Waals surface area contributed by atoms with Crippen molar-refractivity contribution < 1.29 is 17.6 Å². The highest BCUT2D eigenvalue weighted by Crippen LogP contribution is 2.29. The highest BCUT2D eigenvalue weighted by Gasteiger charge is 2.32. The van der Waals surface area contributed by atoms with E-state index < -0.39 is 15.8 Å². The van der Waals surface area contributed by atoms with Crippen LogP contribution in [0.25, 0.3) is 0 Å². The second kappa shape index (κ2) is 9.64. The van der Waals surface area contributed by atoms with Gasteiger partial charge in [-0.3, -0.25) is 20.0 Å². The summed E-state index contributed by atoms with van der Waals surface area (Å²) in [5.74, 6) is -0.694. The van der Waals surface area contributed by atoms with Crippen LogP contribution in [0.2, 0.25) is 0 Å². The number of benzene rings is 1. The van der Waals surface area contributed by atoms with Crippen molar-refractivity contribution in [1.82, 2.24) is 19.2 Å². The molecule has 1 aromatic carbocycles. The molecule has 1 aliphatic rings. The molecule has 0 bridgehead atoms. The van der Waals surface area contributed by atoms with Crippen molar-refractivity contribution >= 4 is 32.4 Å². The Morgan fingerprint density at radius 2 is 2.03 bits per heavy atom. The van der Waals surface area contributed by atoms with Crippen LogP contribution in [0.15, 0.2) is 48.8 Å². The molecule has 1 fully saturated rings. The molecule has 0 radical (unpaired) electrons. The number of halogens is 1. The van der Waals surface area contributed by atoms with Gasteiger partial charge in [0, 0.05) is 48.9 Å². The number of rotatable bonds is 6. The summed E-state index contributed by atoms with van der Waals surface area (Å²) in [5.41, 5.74) is 1.95. The number of amides is 1. The zero-order chi connectivity index (χ0) is 23.6. The number of carbonyl (C=O) groups is 1. The predicted octanol–water partition coefficient (Wildman–Crippen LogP) is 3.06. The fourth-order valence-electron chi connectivity index (χ4n) is 3.78. The van der Waals surface area contributed by atoms with E-state index in [-0.39, 0.29) is 18.5 Å². The number of pyridine rings is 1. The van der Waals surface area contributed by atoms with Crippen LogP contribution < -0.4 is 5.32 Å². The Hall–Kier alpha value is -2.73. The van der Waals surface area contributed by atoms with E-state index in [0.717, 1.165) is 10.4 Å². The van der Waals surface area contributed by atoms with E-state index in [9.17, 15) is 17.6 Å². The van der Waals surface area contributed by atoms with Gasteiger partial charge in [-0.15, -0.1) is 11.3 Å². The molecule has 1 saturated heterocycles. The first kappa shape index (κ1) is 23.4. The summed E-state index contributed by atoms with van der Waals surface area (Å²) >= 11 is 1.39. The maximum atomic E-state index is 13.3. The number of aromatic nitrogens is 2. The number of nitrogens with one attached hydrogen (secondary N) is 1. The van der Waals surface area contributed by atoms with E-state index in [1.807, 2.05) is 13.0 Å². The number of aryl methyl sites for hydroxylation is 1. The van der Waals surface area contributed by atoms with Crippen LogP contribution in [-0.4, -0.2) is 59.4 Å². The van der Waals surface area contributed by atoms with Crippen molar-refractivity contribution in [2.24, 2.45) is 0 Å². The monoisotopic (exact) mass is 489 g/mol. The highest BCUT2D eigenvalue weighted by atomic mass is 32.2.